The van der Waals surface area contributed by atoms with E-state index >= 15 is 0 Å². The highest BCUT2D eigenvalue weighted by molar-refractivity contribution is 6.31. The van der Waals surface area contributed by atoms with Crippen molar-refractivity contribution in [3.05, 3.63) is 35.0 Å². The van der Waals surface area contributed by atoms with E-state index in [1.54, 1.807) is 6.07 Å². The first-order valence-corrected chi connectivity index (χ1v) is 7.24. The summed E-state index contributed by atoms with van der Waals surface area (Å²) in [5.74, 6) is 1.52. The van der Waals surface area contributed by atoms with Crippen molar-refractivity contribution in [2.24, 2.45) is 11.8 Å². The highest BCUT2D eigenvalue weighted by Gasteiger charge is 2.27. The lowest BCUT2D eigenvalue weighted by atomic mass is 9.80. The quantitative estimate of drug-likeness (QED) is 0.715. The van der Waals surface area contributed by atoms with Gasteiger partial charge in [0.2, 0.25) is 5.78 Å². The fourth-order valence-corrected chi connectivity index (χ4v) is 3.04. The molecular weight excluding hydrogens is 260 g/mol. The Morgan fingerprint density at radius 2 is 1.95 bits per heavy atom. The zero-order valence-electron chi connectivity index (χ0n) is 11.0. The number of fused-ring (bicyclic) bond motifs is 1. The first-order chi connectivity index (χ1) is 9.13. The van der Waals surface area contributed by atoms with E-state index in [0.29, 0.717) is 10.8 Å². The van der Waals surface area contributed by atoms with Crippen LogP contribution in [0.15, 0.2) is 28.7 Å². The second kappa shape index (κ2) is 5.01. The Balaban J connectivity index is 1.85. The van der Waals surface area contributed by atoms with Crippen molar-refractivity contribution in [1.82, 2.24) is 0 Å². The molecule has 0 unspecified atom stereocenters. The second-order valence-electron chi connectivity index (χ2n) is 5.61. The van der Waals surface area contributed by atoms with Gasteiger partial charge in [0.25, 0.3) is 0 Å². The number of benzene rings is 1. The molecule has 3 heteroatoms. The average Bonchev–Trinajstić information content (AvgIpc) is 2.81. The zero-order chi connectivity index (χ0) is 13.4. The standard InChI is InChI=1S/C16H17ClO2/c1-10-2-4-11(5-3-10)16(18)15-9-12-8-13(17)6-7-14(12)19-15/h6-11H,2-5H2,1H3. The average molecular weight is 277 g/mol. The predicted octanol–water partition coefficient (Wildman–Crippen LogP) is 5.10. The van der Waals surface area contributed by atoms with Gasteiger partial charge in [0.05, 0.1) is 0 Å². The molecule has 0 atom stereocenters. The van der Waals surface area contributed by atoms with E-state index in [9.17, 15) is 4.79 Å². The van der Waals surface area contributed by atoms with Crippen LogP contribution in [0.5, 0.6) is 0 Å². The van der Waals surface area contributed by atoms with Gasteiger partial charge in [0.15, 0.2) is 5.76 Å². The monoisotopic (exact) mass is 276 g/mol. The topological polar surface area (TPSA) is 30.2 Å². The molecule has 1 heterocycles. The lowest BCUT2D eigenvalue weighted by Gasteiger charge is -2.24. The SMILES string of the molecule is CC1CCC(C(=O)c2cc3cc(Cl)ccc3o2)CC1. The predicted molar refractivity (Wildman–Crippen MR) is 76.7 cm³/mol. The van der Waals surface area contributed by atoms with Crippen LogP contribution in [0.3, 0.4) is 0 Å². The summed E-state index contributed by atoms with van der Waals surface area (Å²) in [4.78, 5) is 12.4. The molecule has 19 heavy (non-hydrogen) atoms. The van der Waals surface area contributed by atoms with Gasteiger partial charge in [-0.25, -0.2) is 0 Å². The van der Waals surface area contributed by atoms with Gasteiger partial charge in [0, 0.05) is 16.3 Å². The maximum atomic E-state index is 12.4. The van der Waals surface area contributed by atoms with Crippen LogP contribution in [-0.4, -0.2) is 5.78 Å². The van der Waals surface area contributed by atoms with Gasteiger partial charge in [-0.1, -0.05) is 31.4 Å². The number of Topliss-reactive ketones (excluding diaryl/α,β-unsaturated/α-hetero) is 1. The van der Waals surface area contributed by atoms with Crippen molar-refractivity contribution in [1.29, 1.82) is 0 Å². The molecule has 3 rings (SSSR count). The van der Waals surface area contributed by atoms with E-state index < -0.39 is 0 Å². The smallest absolute Gasteiger partial charge is 0.201 e. The number of hydrogen-bond acceptors (Lipinski definition) is 2. The minimum Gasteiger partial charge on any atom is -0.453 e. The Kier molecular flexibility index (Phi) is 3.36. The van der Waals surface area contributed by atoms with Gasteiger partial charge < -0.3 is 4.42 Å². The van der Waals surface area contributed by atoms with E-state index in [0.717, 1.165) is 42.6 Å². The van der Waals surface area contributed by atoms with E-state index in [1.807, 2.05) is 18.2 Å². The Hall–Kier alpha value is -1.28. The molecule has 100 valence electrons. The van der Waals surface area contributed by atoms with Crippen LogP contribution in [0, 0.1) is 11.8 Å². The summed E-state index contributed by atoms with van der Waals surface area (Å²) in [6.45, 7) is 2.25. The summed E-state index contributed by atoms with van der Waals surface area (Å²) < 4.78 is 5.66. The van der Waals surface area contributed by atoms with Crippen LogP contribution in [0.2, 0.25) is 5.02 Å². The third-order valence-corrected chi connectivity index (χ3v) is 4.34. The summed E-state index contributed by atoms with van der Waals surface area (Å²) in [6.07, 6.45) is 4.25. The largest absolute Gasteiger partial charge is 0.453 e. The number of ketones is 1. The van der Waals surface area contributed by atoms with Gasteiger partial charge in [-0.15, -0.1) is 0 Å². The molecule has 2 nitrogen and oxygen atoms in total. The van der Waals surface area contributed by atoms with Gasteiger partial charge in [-0.05, 0) is 43.0 Å². The number of carbonyl (C=O) groups excluding carboxylic acids is 1. The van der Waals surface area contributed by atoms with Crippen molar-refractivity contribution >= 4 is 28.4 Å². The first-order valence-electron chi connectivity index (χ1n) is 6.87. The third-order valence-electron chi connectivity index (χ3n) is 4.11. The fraction of sp³-hybridized carbons (Fsp3) is 0.438. The zero-order valence-corrected chi connectivity index (χ0v) is 11.7. The Labute approximate surface area is 117 Å². The summed E-state index contributed by atoms with van der Waals surface area (Å²) in [5.41, 5.74) is 0.733. The van der Waals surface area contributed by atoms with Crippen LogP contribution in [-0.2, 0) is 0 Å². The van der Waals surface area contributed by atoms with Crippen LogP contribution in [0.1, 0.15) is 43.2 Å². The minimum absolute atomic E-state index is 0.132. The molecule has 1 saturated carbocycles. The minimum atomic E-state index is 0.132. The third kappa shape index (κ3) is 2.55. The summed E-state index contributed by atoms with van der Waals surface area (Å²) in [7, 11) is 0. The van der Waals surface area contributed by atoms with Crippen molar-refractivity contribution in [3.8, 4) is 0 Å². The molecule has 2 aromatic rings. The molecule has 0 N–H and O–H groups in total. The van der Waals surface area contributed by atoms with E-state index in [1.165, 1.54) is 0 Å². The highest BCUT2D eigenvalue weighted by atomic mass is 35.5. The maximum absolute atomic E-state index is 12.4. The van der Waals surface area contributed by atoms with Crippen molar-refractivity contribution < 1.29 is 9.21 Å². The molecule has 0 spiro atoms. The molecule has 1 fully saturated rings. The fourth-order valence-electron chi connectivity index (χ4n) is 2.86. The number of furan rings is 1. The molecule has 1 aromatic heterocycles. The maximum Gasteiger partial charge on any atom is 0.201 e. The molecule has 0 radical (unpaired) electrons. The number of carbonyl (C=O) groups is 1. The number of rotatable bonds is 2. The lowest BCUT2D eigenvalue weighted by molar-refractivity contribution is 0.0849. The Bertz CT molecular complexity index is 606. The van der Waals surface area contributed by atoms with Crippen molar-refractivity contribution in [2.45, 2.75) is 32.6 Å². The first kappa shape index (κ1) is 12.7. The van der Waals surface area contributed by atoms with E-state index in [2.05, 4.69) is 6.92 Å². The summed E-state index contributed by atoms with van der Waals surface area (Å²) in [5, 5.41) is 1.57. The van der Waals surface area contributed by atoms with Crippen molar-refractivity contribution in [2.75, 3.05) is 0 Å². The van der Waals surface area contributed by atoms with Gasteiger partial charge in [-0.3, -0.25) is 4.79 Å². The molecular formula is C16H17ClO2. The van der Waals surface area contributed by atoms with Crippen LogP contribution < -0.4 is 0 Å². The lowest BCUT2D eigenvalue weighted by Crippen LogP contribution is -2.20. The molecule has 0 amide bonds. The molecule has 0 saturated heterocycles. The second-order valence-corrected chi connectivity index (χ2v) is 6.05. The normalized spacial score (nSPS) is 23.7. The van der Waals surface area contributed by atoms with Gasteiger partial charge in [-0.2, -0.15) is 0 Å². The molecule has 0 bridgehead atoms. The molecule has 1 aliphatic carbocycles. The van der Waals surface area contributed by atoms with Crippen molar-refractivity contribution in [3.63, 3.8) is 0 Å². The number of halogens is 1. The highest BCUT2D eigenvalue weighted by Crippen LogP contribution is 2.32. The van der Waals surface area contributed by atoms with Crippen LogP contribution >= 0.6 is 11.6 Å². The van der Waals surface area contributed by atoms with E-state index in [-0.39, 0.29) is 11.7 Å². The van der Waals surface area contributed by atoms with E-state index in [4.69, 9.17) is 16.0 Å². The summed E-state index contributed by atoms with van der Waals surface area (Å²) in [6, 6.07) is 7.25. The van der Waals surface area contributed by atoms with Crippen LogP contribution in [0.4, 0.5) is 0 Å². The molecule has 0 aliphatic heterocycles. The molecule has 1 aliphatic rings. The summed E-state index contributed by atoms with van der Waals surface area (Å²) >= 11 is 5.95. The van der Waals surface area contributed by atoms with Gasteiger partial charge in [0.1, 0.15) is 5.58 Å². The number of hydrogen-bond donors (Lipinski definition) is 0. The van der Waals surface area contributed by atoms with Crippen LogP contribution in [0.25, 0.3) is 11.0 Å². The molecule has 1 aromatic carbocycles. The Morgan fingerprint density at radius 3 is 2.68 bits per heavy atom. The Morgan fingerprint density at radius 1 is 1.21 bits per heavy atom. The van der Waals surface area contributed by atoms with Gasteiger partial charge >= 0.3 is 0 Å².